The van der Waals surface area contributed by atoms with Gasteiger partial charge in [0, 0.05) is 18.0 Å². The third kappa shape index (κ3) is 5.49. The van der Waals surface area contributed by atoms with Crippen molar-refractivity contribution in [2.45, 2.75) is 6.92 Å². The van der Waals surface area contributed by atoms with Crippen LogP contribution in [0, 0.1) is 11.3 Å². The standard InChI is InChI=1S/C21H21N3O5/c1-4-29-21(26)16-7-5-6-8-17(16)23-13-14(12-22)20(25)24-15-9-10-18(27-2)19(11-15)28-3/h5-11,13,23H,4H2,1-3H3,(H,24,25)/b14-13-. The summed E-state index contributed by atoms with van der Waals surface area (Å²) < 4.78 is 15.3. The van der Waals surface area contributed by atoms with Crippen molar-refractivity contribution in [1.82, 2.24) is 0 Å². The first-order valence-corrected chi connectivity index (χ1v) is 8.70. The van der Waals surface area contributed by atoms with Gasteiger partial charge in [0.2, 0.25) is 0 Å². The molecule has 0 bridgehead atoms. The maximum absolute atomic E-state index is 12.4. The van der Waals surface area contributed by atoms with Gasteiger partial charge in [0.05, 0.1) is 32.1 Å². The van der Waals surface area contributed by atoms with Gasteiger partial charge >= 0.3 is 5.97 Å². The molecule has 2 aromatic carbocycles. The number of amides is 1. The lowest BCUT2D eigenvalue weighted by Gasteiger charge is -2.11. The van der Waals surface area contributed by atoms with Gasteiger partial charge in [0.25, 0.3) is 5.91 Å². The molecule has 0 saturated carbocycles. The summed E-state index contributed by atoms with van der Waals surface area (Å²) in [5.41, 5.74) is 0.958. The summed E-state index contributed by atoms with van der Waals surface area (Å²) in [6.45, 7) is 1.94. The average molecular weight is 395 g/mol. The van der Waals surface area contributed by atoms with E-state index < -0.39 is 11.9 Å². The van der Waals surface area contributed by atoms with Crippen molar-refractivity contribution in [2.24, 2.45) is 0 Å². The van der Waals surface area contributed by atoms with Crippen LogP contribution in [0.3, 0.4) is 0 Å². The lowest BCUT2D eigenvalue weighted by Crippen LogP contribution is -2.15. The van der Waals surface area contributed by atoms with Crippen LogP contribution in [0.2, 0.25) is 0 Å². The molecule has 1 amide bonds. The first-order chi connectivity index (χ1) is 14.0. The number of benzene rings is 2. The number of ether oxygens (including phenoxy) is 3. The summed E-state index contributed by atoms with van der Waals surface area (Å²) >= 11 is 0. The molecule has 0 saturated heterocycles. The number of carbonyl (C=O) groups excluding carboxylic acids is 2. The summed E-state index contributed by atoms with van der Waals surface area (Å²) in [5, 5.41) is 14.8. The quantitative estimate of drug-likeness (QED) is 0.401. The smallest absolute Gasteiger partial charge is 0.340 e. The van der Waals surface area contributed by atoms with Crippen LogP contribution in [0.1, 0.15) is 17.3 Å². The van der Waals surface area contributed by atoms with Crippen molar-refractivity contribution in [3.05, 3.63) is 59.8 Å². The Balaban J connectivity index is 2.18. The second-order valence-corrected chi connectivity index (χ2v) is 5.60. The van der Waals surface area contributed by atoms with E-state index in [4.69, 9.17) is 14.2 Å². The van der Waals surface area contributed by atoms with Crippen molar-refractivity contribution in [3.8, 4) is 17.6 Å². The Morgan fingerprint density at radius 3 is 2.48 bits per heavy atom. The Morgan fingerprint density at radius 1 is 1.10 bits per heavy atom. The van der Waals surface area contributed by atoms with Gasteiger partial charge in [-0.05, 0) is 31.2 Å². The molecule has 0 radical (unpaired) electrons. The zero-order valence-corrected chi connectivity index (χ0v) is 16.3. The van der Waals surface area contributed by atoms with Crippen molar-refractivity contribution < 1.29 is 23.8 Å². The topological polar surface area (TPSA) is 110 Å². The molecule has 0 spiro atoms. The predicted molar refractivity (Wildman–Crippen MR) is 108 cm³/mol. The SMILES string of the molecule is CCOC(=O)c1ccccc1N/C=C(/C#N)C(=O)Nc1ccc(OC)c(OC)c1. The van der Waals surface area contributed by atoms with Crippen molar-refractivity contribution >= 4 is 23.3 Å². The highest BCUT2D eigenvalue weighted by Crippen LogP contribution is 2.29. The molecule has 0 unspecified atom stereocenters. The average Bonchev–Trinajstić information content (AvgIpc) is 2.74. The van der Waals surface area contributed by atoms with Crippen LogP contribution in [0.4, 0.5) is 11.4 Å². The van der Waals surface area contributed by atoms with Crippen molar-refractivity contribution in [2.75, 3.05) is 31.5 Å². The molecular formula is C21H21N3O5. The zero-order chi connectivity index (χ0) is 21.2. The molecule has 2 rings (SSSR count). The van der Waals surface area contributed by atoms with E-state index in [2.05, 4.69) is 10.6 Å². The number of rotatable bonds is 8. The fourth-order valence-corrected chi connectivity index (χ4v) is 2.41. The minimum Gasteiger partial charge on any atom is -0.493 e. The van der Waals surface area contributed by atoms with E-state index in [0.717, 1.165) is 0 Å². The Labute approximate surface area is 168 Å². The molecule has 0 aliphatic heterocycles. The number of esters is 1. The van der Waals surface area contributed by atoms with Gasteiger partial charge < -0.3 is 24.8 Å². The van der Waals surface area contributed by atoms with E-state index in [0.29, 0.717) is 28.4 Å². The van der Waals surface area contributed by atoms with E-state index in [-0.39, 0.29) is 12.2 Å². The first kappa shape index (κ1) is 21.3. The van der Waals surface area contributed by atoms with Gasteiger partial charge in [-0.2, -0.15) is 5.26 Å². The van der Waals surface area contributed by atoms with Crippen LogP contribution in [-0.2, 0) is 9.53 Å². The minimum atomic E-state index is -0.624. The highest BCUT2D eigenvalue weighted by Gasteiger charge is 2.14. The number of nitrogens with one attached hydrogen (secondary N) is 2. The number of para-hydroxylation sites is 1. The third-order valence-corrected chi connectivity index (χ3v) is 3.80. The number of hydrogen-bond donors (Lipinski definition) is 2. The Morgan fingerprint density at radius 2 is 1.83 bits per heavy atom. The molecule has 29 heavy (non-hydrogen) atoms. The van der Waals surface area contributed by atoms with Gasteiger partial charge in [0.15, 0.2) is 11.5 Å². The molecule has 0 aliphatic carbocycles. The largest absolute Gasteiger partial charge is 0.493 e. The van der Waals surface area contributed by atoms with Crippen LogP contribution in [0.25, 0.3) is 0 Å². The molecular weight excluding hydrogens is 374 g/mol. The Kier molecular flexibility index (Phi) is 7.62. The first-order valence-electron chi connectivity index (χ1n) is 8.70. The molecule has 0 aliphatic rings. The van der Waals surface area contributed by atoms with E-state index in [1.54, 1.807) is 49.4 Å². The third-order valence-electron chi connectivity index (χ3n) is 3.80. The molecule has 150 valence electrons. The number of methoxy groups -OCH3 is 2. The Hall–Kier alpha value is -3.99. The second kappa shape index (κ2) is 10.4. The van der Waals surface area contributed by atoms with E-state index in [1.165, 1.54) is 20.4 Å². The van der Waals surface area contributed by atoms with Crippen LogP contribution >= 0.6 is 0 Å². The normalized spacial score (nSPS) is 10.5. The lowest BCUT2D eigenvalue weighted by atomic mass is 10.1. The molecule has 8 heteroatoms. The second-order valence-electron chi connectivity index (χ2n) is 5.60. The molecule has 2 N–H and O–H groups in total. The van der Waals surface area contributed by atoms with Gasteiger partial charge in [-0.25, -0.2) is 4.79 Å². The fraction of sp³-hybridized carbons (Fsp3) is 0.190. The van der Waals surface area contributed by atoms with Crippen LogP contribution in [0.15, 0.2) is 54.2 Å². The molecule has 0 aromatic heterocycles. The summed E-state index contributed by atoms with van der Waals surface area (Å²) in [5.74, 6) is -0.175. The zero-order valence-electron chi connectivity index (χ0n) is 16.3. The van der Waals surface area contributed by atoms with Crippen molar-refractivity contribution in [3.63, 3.8) is 0 Å². The molecule has 2 aromatic rings. The van der Waals surface area contributed by atoms with E-state index >= 15 is 0 Å². The van der Waals surface area contributed by atoms with Crippen molar-refractivity contribution in [1.29, 1.82) is 5.26 Å². The summed E-state index contributed by atoms with van der Waals surface area (Å²) in [6.07, 6.45) is 1.23. The van der Waals surface area contributed by atoms with Crippen LogP contribution in [0.5, 0.6) is 11.5 Å². The summed E-state index contributed by atoms with van der Waals surface area (Å²) in [7, 11) is 2.99. The predicted octanol–water partition coefficient (Wildman–Crippen LogP) is 3.34. The molecule has 8 nitrogen and oxygen atoms in total. The minimum absolute atomic E-state index is 0.182. The molecule has 0 heterocycles. The van der Waals surface area contributed by atoms with Gasteiger partial charge in [-0.1, -0.05) is 12.1 Å². The van der Waals surface area contributed by atoms with Gasteiger partial charge in [-0.15, -0.1) is 0 Å². The highest BCUT2D eigenvalue weighted by atomic mass is 16.5. The Bertz CT molecular complexity index is 963. The number of nitrogens with zero attached hydrogens (tertiary/aromatic N) is 1. The van der Waals surface area contributed by atoms with E-state index in [9.17, 15) is 14.9 Å². The number of carbonyl (C=O) groups is 2. The lowest BCUT2D eigenvalue weighted by molar-refractivity contribution is -0.112. The number of anilines is 2. The van der Waals surface area contributed by atoms with Crippen LogP contribution < -0.4 is 20.1 Å². The number of nitriles is 1. The monoisotopic (exact) mass is 395 g/mol. The van der Waals surface area contributed by atoms with Gasteiger partial charge in [-0.3, -0.25) is 4.79 Å². The highest BCUT2D eigenvalue weighted by molar-refractivity contribution is 6.07. The maximum Gasteiger partial charge on any atom is 0.340 e. The summed E-state index contributed by atoms with van der Waals surface area (Å²) in [6, 6.07) is 13.3. The molecule has 0 atom stereocenters. The van der Waals surface area contributed by atoms with Gasteiger partial charge in [0.1, 0.15) is 11.6 Å². The maximum atomic E-state index is 12.4. The summed E-state index contributed by atoms with van der Waals surface area (Å²) in [4.78, 5) is 24.5. The van der Waals surface area contributed by atoms with E-state index in [1.807, 2.05) is 6.07 Å². The van der Waals surface area contributed by atoms with Crippen LogP contribution in [-0.4, -0.2) is 32.7 Å². The molecule has 0 fully saturated rings. The fourth-order valence-electron chi connectivity index (χ4n) is 2.41. The number of hydrogen-bond acceptors (Lipinski definition) is 7.